The molecule has 0 saturated carbocycles. The number of carbonyl (C=O) groups excluding carboxylic acids is 3. The molecule has 1 aliphatic rings. The maximum atomic E-state index is 13.3. The van der Waals surface area contributed by atoms with E-state index in [1.54, 1.807) is 18.2 Å². The Morgan fingerprint density at radius 1 is 1.02 bits per heavy atom. The van der Waals surface area contributed by atoms with E-state index < -0.39 is 11.6 Å². The zero-order chi connectivity index (χ0) is 29.0. The van der Waals surface area contributed by atoms with E-state index in [1.807, 2.05) is 63.2 Å². The standard InChI is InChI=1S/C30H33N5O5S/c1-4-16-40-29(38)35-28-23(19-24(41-28)27(37)32-30(2,3)21-8-6-5-7-9-21)25(33-35)31-26(36)20-10-12-22(13-11-20)34-14-17-39-18-15-34/h5-13,19H,4,14-18H2,1-3H3,(H,32,37)(H,31,33,36). The van der Waals surface area contributed by atoms with Crippen LogP contribution >= 0.6 is 11.3 Å². The van der Waals surface area contributed by atoms with E-state index in [0.717, 1.165) is 40.4 Å². The molecule has 3 heterocycles. The number of nitrogens with one attached hydrogen (secondary N) is 2. The Kier molecular flexibility index (Phi) is 8.36. The highest BCUT2D eigenvalue weighted by atomic mass is 32.1. The molecule has 0 unspecified atom stereocenters. The molecule has 2 aromatic heterocycles. The average molecular weight is 576 g/mol. The van der Waals surface area contributed by atoms with Gasteiger partial charge in [-0.3, -0.25) is 9.59 Å². The average Bonchev–Trinajstić information content (AvgIpc) is 3.57. The van der Waals surface area contributed by atoms with Gasteiger partial charge in [-0.15, -0.1) is 16.4 Å². The van der Waals surface area contributed by atoms with Gasteiger partial charge < -0.3 is 25.0 Å². The third-order valence-corrected chi connectivity index (χ3v) is 7.95. The van der Waals surface area contributed by atoms with Crippen LogP contribution in [0.15, 0.2) is 60.7 Å². The molecule has 41 heavy (non-hydrogen) atoms. The molecule has 214 valence electrons. The lowest BCUT2D eigenvalue weighted by Crippen LogP contribution is -2.40. The smallest absolute Gasteiger partial charge is 0.436 e. The fourth-order valence-electron chi connectivity index (χ4n) is 4.58. The summed E-state index contributed by atoms with van der Waals surface area (Å²) in [5.41, 5.74) is 1.78. The Hall–Kier alpha value is -4.22. The van der Waals surface area contributed by atoms with Gasteiger partial charge in [0.2, 0.25) is 0 Å². The fourth-order valence-corrected chi connectivity index (χ4v) is 5.58. The van der Waals surface area contributed by atoms with Crippen LogP contribution in [0.1, 0.15) is 52.8 Å². The van der Waals surface area contributed by atoms with Gasteiger partial charge >= 0.3 is 6.09 Å². The Labute approximate surface area is 242 Å². The first-order valence-corrected chi connectivity index (χ1v) is 14.4. The number of rotatable bonds is 8. The van der Waals surface area contributed by atoms with Crippen LogP contribution in [0, 0.1) is 0 Å². The molecule has 10 nitrogen and oxygen atoms in total. The maximum Gasteiger partial charge on any atom is 0.436 e. The number of thiophene rings is 1. The molecule has 2 amide bonds. The zero-order valence-electron chi connectivity index (χ0n) is 23.3. The first-order valence-electron chi connectivity index (χ1n) is 13.6. The monoisotopic (exact) mass is 575 g/mol. The van der Waals surface area contributed by atoms with Crippen molar-refractivity contribution < 1.29 is 23.9 Å². The van der Waals surface area contributed by atoms with Crippen molar-refractivity contribution in [1.29, 1.82) is 0 Å². The number of carbonyl (C=O) groups is 3. The number of aromatic nitrogens is 2. The molecule has 2 aromatic carbocycles. The van der Waals surface area contributed by atoms with Gasteiger partial charge in [0.15, 0.2) is 5.82 Å². The second-order valence-corrected chi connectivity index (χ2v) is 11.3. The van der Waals surface area contributed by atoms with Crippen molar-refractivity contribution in [2.75, 3.05) is 43.1 Å². The van der Waals surface area contributed by atoms with Crippen LogP contribution in [0.2, 0.25) is 0 Å². The van der Waals surface area contributed by atoms with Gasteiger partial charge in [0.25, 0.3) is 11.8 Å². The summed E-state index contributed by atoms with van der Waals surface area (Å²) >= 11 is 1.11. The SMILES string of the molecule is CCCOC(=O)n1nc(NC(=O)c2ccc(N3CCOCC3)cc2)c2cc(C(=O)NC(C)(C)c3ccccc3)sc21. The molecule has 1 aliphatic heterocycles. The lowest BCUT2D eigenvalue weighted by Gasteiger charge is -2.28. The van der Waals surface area contributed by atoms with Crippen LogP contribution in [-0.4, -0.2) is 60.6 Å². The minimum absolute atomic E-state index is 0.174. The molecule has 5 rings (SSSR count). The summed E-state index contributed by atoms with van der Waals surface area (Å²) in [5, 5.41) is 10.7. The lowest BCUT2D eigenvalue weighted by molar-refractivity contribution is 0.0915. The third kappa shape index (κ3) is 6.26. The molecule has 0 bridgehead atoms. The van der Waals surface area contributed by atoms with Crippen LogP contribution in [0.5, 0.6) is 0 Å². The summed E-state index contributed by atoms with van der Waals surface area (Å²) in [7, 11) is 0. The molecule has 0 radical (unpaired) electrons. The molecule has 11 heteroatoms. The molecule has 0 atom stereocenters. The number of nitrogens with zero attached hydrogens (tertiary/aromatic N) is 3. The van der Waals surface area contributed by atoms with Crippen LogP contribution in [0.3, 0.4) is 0 Å². The molecule has 0 aliphatic carbocycles. The van der Waals surface area contributed by atoms with Crippen molar-refractivity contribution >= 4 is 51.0 Å². The van der Waals surface area contributed by atoms with Crippen LogP contribution < -0.4 is 15.5 Å². The summed E-state index contributed by atoms with van der Waals surface area (Å²) in [4.78, 5) is 42.3. The number of amides is 2. The maximum absolute atomic E-state index is 13.3. The Morgan fingerprint density at radius 3 is 2.41 bits per heavy atom. The van der Waals surface area contributed by atoms with Crippen LogP contribution in [0.4, 0.5) is 16.3 Å². The molecule has 1 saturated heterocycles. The summed E-state index contributed by atoms with van der Waals surface area (Å²) in [6.45, 7) is 8.90. The Balaban J connectivity index is 1.40. The van der Waals surface area contributed by atoms with Gasteiger partial charge in [0, 0.05) is 24.3 Å². The first-order chi connectivity index (χ1) is 19.8. The number of anilines is 2. The molecule has 2 N–H and O–H groups in total. The summed E-state index contributed by atoms with van der Waals surface area (Å²) < 4.78 is 11.8. The summed E-state index contributed by atoms with van der Waals surface area (Å²) in [5.74, 6) is -0.507. The van der Waals surface area contributed by atoms with Gasteiger partial charge in [0.05, 0.1) is 35.6 Å². The predicted molar refractivity (Wildman–Crippen MR) is 159 cm³/mol. The number of hydrogen-bond donors (Lipinski definition) is 2. The van der Waals surface area contributed by atoms with E-state index in [1.165, 1.54) is 0 Å². The van der Waals surface area contributed by atoms with Gasteiger partial charge in [-0.1, -0.05) is 37.3 Å². The van der Waals surface area contributed by atoms with Gasteiger partial charge in [-0.2, -0.15) is 4.68 Å². The number of fused-ring (bicyclic) bond motifs is 1. The minimum atomic E-state index is -0.675. The van der Waals surface area contributed by atoms with Crippen molar-refractivity contribution in [3.8, 4) is 0 Å². The van der Waals surface area contributed by atoms with Crippen molar-refractivity contribution in [2.45, 2.75) is 32.7 Å². The summed E-state index contributed by atoms with van der Waals surface area (Å²) in [6, 6.07) is 18.6. The van der Waals surface area contributed by atoms with E-state index in [4.69, 9.17) is 9.47 Å². The lowest BCUT2D eigenvalue weighted by atomic mass is 9.94. The molecule has 1 fully saturated rings. The third-order valence-electron chi connectivity index (χ3n) is 6.85. The number of ether oxygens (including phenoxy) is 2. The number of hydrogen-bond acceptors (Lipinski definition) is 8. The molecule has 4 aromatic rings. The normalized spacial score (nSPS) is 13.7. The zero-order valence-corrected chi connectivity index (χ0v) is 24.1. The van der Waals surface area contributed by atoms with Gasteiger partial charge in [0.1, 0.15) is 4.83 Å². The second-order valence-electron chi connectivity index (χ2n) is 10.2. The summed E-state index contributed by atoms with van der Waals surface area (Å²) in [6.07, 6.45) is -0.0296. The van der Waals surface area contributed by atoms with Gasteiger partial charge in [-0.25, -0.2) is 4.79 Å². The minimum Gasteiger partial charge on any atom is -0.448 e. The van der Waals surface area contributed by atoms with Crippen molar-refractivity contribution in [3.05, 3.63) is 76.7 Å². The van der Waals surface area contributed by atoms with Crippen molar-refractivity contribution in [3.63, 3.8) is 0 Å². The van der Waals surface area contributed by atoms with E-state index in [-0.39, 0.29) is 24.2 Å². The molecular weight excluding hydrogens is 542 g/mol. The van der Waals surface area contributed by atoms with E-state index in [9.17, 15) is 14.4 Å². The predicted octanol–water partition coefficient (Wildman–Crippen LogP) is 5.25. The topological polar surface area (TPSA) is 115 Å². The quantitative estimate of drug-likeness (QED) is 0.295. The van der Waals surface area contributed by atoms with E-state index in [0.29, 0.717) is 40.3 Å². The van der Waals surface area contributed by atoms with E-state index >= 15 is 0 Å². The molecular formula is C30H33N5O5S. The van der Waals surface area contributed by atoms with E-state index in [2.05, 4.69) is 20.6 Å². The van der Waals surface area contributed by atoms with Crippen LogP contribution in [0.25, 0.3) is 10.2 Å². The number of benzene rings is 2. The van der Waals surface area contributed by atoms with Crippen molar-refractivity contribution in [2.24, 2.45) is 0 Å². The largest absolute Gasteiger partial charge is 0.448 e. The van der Waals surface area contributed by atoms with Crippen molar-refractivity contribution in [1.82, 2.24) is 15.1 Å². The van der Waals surface area contributed by atoms with Gasteiger partial charge in [-0.05, 0) is 56.2 Å². The van der Waals surface area contributed by atoms with Crippen LogP contribution in [-0.2, 0) is 15.0 Å². The Bertz CT molecular complexity index is 1540. The molecule has 0 spiro atoms. The first kappa shape index (κ1) is 28.3. The highest BCUT2D eigenvalue weighted by Crippen LogP contribution is 2.33. The Morgan fingerprint density at radius 2 is 1.73 bits per heavy atom. The highest BCUT2D eigenvalue weighted by Gasteiger charge is 2.27. The second kappa shape index (κ2) is 12.1. The number of morpholine rings is 1. The highest BCUT2D eigenvalue weighted by molar-refractivity contribution is 7.20. The fraction of sp³-hybridized carbons (Fsp3) is 0.333.